The molecule has 1 aromatic carbocycles. The summed E-state index contributed by atoms with van der Waals surface area (Å²) in [4.78, 5) is 8.45. The minimum Gasteiger partial charge on any atom is -0.354 e. The van der Waals surface area contributed by atoms with Gasteiger partial charge in [-0.25, -0.2) is 0 Å². The third kappa shape index (κ3) is 2.02. The number of benzene rings is 1. The summed E-state index contributed by atoms with van der Waals surface area (Å²) in [6, 6.07) is 12.2. The maximum Gasteiger partial charge on any atom is 0.0936 e. The minimum atomic E-state index is 0.986. The Balaban J connectivity index is 2.11. The van der Waals surface area contributed by atoms with E-state index in [1.165, 1.54) is 5.56 Å². The molecule has 0 aliphatic carbocycles. The predicted octanol–water partition coefficient (Wildman–Crippen LogP) is 3.68. The summed E-state index contributed by atoms with van der Waals surface area (Å²) in [6.07, 6.45) is 5.36. The molecule has 1 N–H and O–H groups in total. The third-order valence-electron chi connectivity index (χ3n) is 2.81. The molecule has 2 aromatic heterocycles. The lowest BCUT2D eigenvalue weighted by Gasteiger charge is -2.10. The molecule has 0 fully saturated rings. The van der Waals surface area contributed by atoms with Crippen molar-refractivity contribution in [3.05, 3.63) is 60.6 Å². The van der Waals surface area contributed by atoms with E-state index in [-0.39, 0.29) is 0 Å². The normalized spacial score (nSPS) is 10.5. The van der Waals surface area contributed by atoms with Gasteiger partial charge >= 0.3 is 0 Å². The number of pyridine rings is 2. The van der Waals surface area contributed by atoms with E-state index in [9.17, 15) is 0 Å². The van der Waals surface area contributed by atoms with Gasteiger partial charge in [0.1, 0.15) is 0 Å². The number of aromatic nitrogens is 2. The van der Waals surface area contributed by atoms with Crippen LogP contribution in [0.5, 0.6) is 0 Å². The second kappa shape index (κ2) is 4.45. The van der Waals surface area contributed by atoms with Gasteiger partial charge in [-0.05, 0) is 42.8 Å². The van der Waals surface area contributed by atoms with E-state index in [0.717, 1.165) is 22.3 Å². The van der Waals surface area contributed by atoms with Gasteiger partial charge in [-0.2, -0.15) is 0 Å². The number of hydrogen-bond acceptors (Lipinski definition) is 3. The quantitative estimate of drug-likeness (QED) is 0.736. The molecule has 0 unspecified atom stereocenters. The van der Waals surface area contributed by atoms with E-state index >= 15 is 0 Å². The van der Waals surface area contributed by atoms with Crippen LogP contribution in [0.3, 0.4) is 0 Å². The van der Waals surface area contributed by atoms with Crippen molar-refractivity contribution in [2.45, 2.75) is 6.92 Å². The smallest absolute Gasteiger partial charge is 0.0936 e. The number of rotatable bonds is 2. The monoisotopic (exact) mass is 235 g/mol. The maximum absolute atomic E-state index is 4.44. The molecule has 0 spiro atoms. The fraction of sp³-hybridized carbons (Fsp3) is 0.0667. The zero-order valence-electron chi connectivity index (χ0n) is 10.1. The fourth-order valence-electron chi connectivity index (χ4n) is 2.03. The SMILES string of the molecule is Cc1cc(Nc2ccncc2)c2ncccc2c1. The highest BCUT2D eigenvalue weighted by Gasteiger charge is 2.03. The largest absolute Gasteiger partial charge is 0.354 e. The minimum absolute atomic E-state index is 0.986. The summed E-state index contributed by atoms with van der Waals surface area (Å²) in [5, 5.41) is 4.53. The molecule has 2 heterocycles. The molecule has 0 aliphatic rings. The van der Waals surface area contributed by atoms with Crippen molar-refractivity contribution >= 4 is 22.3 Å². The Kier molecular flexibility index (Phi) is 2.65. The van der Waals surface area contributed by atoms with Crippen LogP contribution in [-0.4, -0.2) is 9.97 Å². The van der Waals surface area contributed by atoms with Gasteiger partial charge in [0.2, 0.25) is 0 Å². The van der Waals surface area contributed by atoms with Crippen LogP contribution in [0.1, 0.15) is 5.56 Å². The molecule has 3 nitrogen and oxygen atoms in total. The van der Waals surface area contributed by atoms with E-state index in [1.54, 1.807) is 12.4 Å². The molecule has 3 aromatic rings. The number of fused-ring (bicyclic) bond motifs is 1. The summed E-state index contributed by atoms with van der Waals surface area (Å²) in [6.45, 7) is 2.09. The van der Waals surface area contributed by atoms with Crippen LogP contribution in [0.25, 0.3) is 10.9 Å². The van der Waals surface area contributed by atoms with Gasteiger partial charge in [-0.15, -0.1) is 0 Å². The van der Waals surface area contributed by atoms with Gasteiger partial charge in [0.05, 0.1) is 11.2 Å². The first-order chi connectivity index (χ1) is 8.83. The van der Waals surface area contributed by atoms with E-state index in [0.29, 0.717) is 0 Å². The van der Waals surface area contributed by atoms with Crippen LogP contribution in [0.15, 0.2) is 55.0 Å². The number of nitrogens with one attached hydrogen (secondary N) is 1. The van der Waals surface area contributed by atoms with Gasteiger partial charge in [0, 0.05) is 29.7 Å². The van der Waals surface area contributed by atoms with E-state index in [2.05, 4.69) is 40.4 Å². The average Bonchev–Trinajstić information content (AvgIpc) is 2.40. The molecule has 0 saturated heterocycles. The first-order valence-corrected chi connectivity index (χ1v) is 5.85. The van der Waals surface area contributed by atoms with Crippen molar-refractivity contribution in [2.24, 2.45) is 0 Å². The first-order valence-electron chi connectivity index (χ1n) is 5.85. The Labute approximate surface area is 106 Å². The second-order valence-corrected chi connectivity index (χ2v) is 4.25. The highest BCUT2D eigenvalue weighted by atomic mass is 14.9. The second-order valence-electron chi connectivity index (χ2n) is 4.25. The molecule has 18 heavy (non-hydrogen) atoms. The summed E-state index contributed by atoms with van der Waals surface area (Å²) in [5.41, 5.74) is 4.24. The zero-order valence-corrected chi connectivity index (χ0v) is 10.1. The lowest BCUT2D eigenvalue weighted by atomic mass is 10.1. The van der Waals surface area contributed by atoms with Crippen LogP contribution < -0.4 is 5.32 Å². The van der Waals surface area contributed by atoms with E-state index in [4.69, 9.17) is 0 Å². The predicted molar refractivity (Wildman–Crippen MR) is 74.0 cm³/mol. The Hall–Kier alpha value is -2.42. The molecule has 0 bridgehead atoms. The Morgan fingerprint density at radius 1 is 1.00 bits per heavy atom. The summed E-state index contributed by atoms with van der Waals surface area (Å²) < 4.78 is 0. The van der Waals surface area contributed by atoms with E-state index < -0.39 is 0 Å². The lowest BCUT2D eigenvalue weighted by Crippen LogP contribution is -1.94. The summed E-state index contributed by atoms with van der Waals surface area (Å²) >= 11 is 0. The van der Waals surface area contributed by atoms with Crippen molar-refractivity contribution in [2.75, 3.05) is 5.32 Å². The van der Waals surface area contributed by atoms with Crippen molar-refractivity contribution in [1.82, 2.24) is 9.97 Å². The highest BCUT2D eigenvalue weighted by Crippen LogP contribution is 2.26. The average molecular weight is 235 g/mol. The molecular weight excluding hydrogens is 222 g/mol. The topological polar surface area (TPSA) is 37.8 Å². The molecule has 88 valence electrons. The lowest BCUT2D eigenvalue weighted by molar-refractivity contribution is 1.32. The third-order valence-corrected chi connectivity index (χ3v) is 2.81. The van der Waals surface area contributed by atoms with Crippen LogP contribution in [-0.2, 0) is 0 Å². The Morgan fingerprint density at radius 3 is 2.67 bits per heavy atom. The number of aryl methyl sites for hydroxylation is 1. The van der Waals surface area contributed by atoms with E-state index in [1.807, 2.05) is 24.4 Å². The zero-order chi connectivity index (χ0) is 12.4. The molecule has 0 atom stereocenters. The maximum atomic E-state index is 4.44. The Bertz CT molecular complexity index is 678. The van der Waals surface area contributed by atoms with Gasteiger partial charge in [-0.1, -0.05) is 6.07 Å². The van der Waals surface area contributed by atoms with Crippen LogP contribution in [0.2, 0.25) is 0 Å². The van der Waals surface area contributed by atoms with Crippen molar-refractivity contribution in [1.29, 1.82) is 0 Å². The van der Waals surface area contributed by atoms with Crippen LogP contribution >= 0.6 is 0 Å². The van der Waals surface area contributed by atoms with Crippen molar-refractivity contribution in [3.8, 4) is 0 Å². The highest BCUT2D eigenvalue weighted by molar-refractivity contribution is 5.92. The van der Waals surface area contributed by atoms with Crippen molar-refractivity contribution < 1.29 is 0 Å². The molecule has 0 radical (unpaired) electrons. The van der Waals surface area contributed by atoms with Gasteiger partial charge in [0.15, 0.2) is 0 Å². The summed E-state index contributed by atoms with van der Waals surface area (Å²) in [7, 11) is 0. The first kappa shape index (κ1) is 10.7. The molecule has 3 heteroatoms. The number of anilines is 2. The molecule has 0 amide bonds. The number of hydrogen-bond donors (Lipinski definition) is 1. The standard InChI is InChI=1S/C15H13N3/c1-11-9-12-3-2-6-17-15(12)14(10-11)18-13-4-7-16-8-5-13/h2-10H,1H3,(H,16,18). The Morgan fingerprint density at radius 2 is 1.83 bits per heavy atom. The van der Waals surface area contributed by atoms with Gasteiger partial charge < -0.3 is 5.32 Å². The summed E-state index contributed by atoms with van der Waals surface area (Å²) in [5.74, 6) is 0. The fourth-order valence-corrected chi connectivity index (χ4v) is 2.03. The van der Waals surface area contributed by atoms with Gasteiger partial charge in [-0.3, -0.25) is 9.97 Å². The molecule has 3 rings (SSSR count). The van der Waals surface area contributed by atoms with Crippen LogP contribution in [0, 0.1) is 6.92 Å². The molecule has 0 saturated carbocycles. The van der Waals surface area contributed by atoms with Crippen molar-refractivity contribution in [3.63, 3.8) is 0 Å². The number of nitrogens with zero attached hydrogens (tertiary/aromatic N) is 2. The molecule has 0 aliphatic heterocycles. The van der Waals surface area contributed by atoms with Crippen LogP contribution in [0.4, 0.5) is 11.4 Å². The van der Waals surface area contributed by atoms with Gasteiger partial charge in [0.25, 0.3) is 0 Å². The molecular formula is C15H13N3.